The summed E-state index contributed by atoms with van der Waals surface area (Å²) in [6, 6.07) is 8.64. The molecule has 2 aliphatic rings. The number of carbonyl (C=O) groups excluding carboxylic acids is 1. The quantitative estimate of drug-likeness (QED) is 0.723. The van der Waals surface area contributed by atoms with Crippen molar-refractivity contribution in [1.29, 1.82) is 0 Å². The van der Waals surface area contributed by atoms with E-state index in [2.05, 4.69) is 36.2 Å². The average molecular weight is 272 g/mol. The topological polar surface area (TPSA) is 23.6 Å². The van der Waals surface area contributed by atoms with E-state index in [-0.39, 0.29) is 11.3 Å². The van der Waals surface area contributed by atoms with Crippen molar-refractivity contribution >= 4 is 5.91 Å². The van der Waals surface area contributed by atoms with E-state index in [0.29, 0.717) is 0 Å². The molecule has 2 heterocycles. The summed E-state index contributed by atoms with van der Waals surface area (Å²) >= 11 is 0. The molecule has 1 fully saturated rings. The summed E-state index contributed by atoms with van der Waals surface area (Å²) in [7, 11) is 2.20. The normalized spacial score (nSPS) is 27.2. The fourth-order valence-corrected chi connectivity index (χ4v) is 3.96. The highest BCUT2D eigenvalue weighted by molar-refractivity contribution is 5.73. The maximum Gasteiger partial charge on any atom is 0.219 e. The van der Waals surface area contributed by atoms with Crippen LogP contribution in [-0.2, 0) is 17.8 Å². The Hall–Kier alpha value is -1.35. The second-order valence-corrected chi connectivity index (χ2v) is 6.66. The minimum atomic E-state index is 0.203. The van der Waals surface area contributed by atoms with Gasteiger partial charge in [-0.1, -0.05) is 24.3 Å². The first-order chi connectivity index (χ1) is 9.58. The van der Waals surface area contributed by atoms with Gasteiger partial charge >= 0.3 is 0 Å². The van der Waals surface area contributed by atoms with Crippen LogP contribution in [-0.4, -0.2) is 42.4 Å². The number of amides is 1. The molecule has 0 saturated carbocycles. The van der Waals surface area contributed by atoms with Crippen LogP contribution in [0.5, 0.6) is 0 Å². The molecule has 1 saturated heterocycles. The van der Waals surface area contributed by atoms with Gasteiger partial charge in [-0.2, -0.15) is 0 Å². The minimum absolute atomic E-state index is 0.203. The van der Waals surface area contributed by atoms with Crippen LogP contribution in [0.3, 0.4) is 0 Å². The van der Waals surface area contributed by atoms with Crippen LogP contribution in [0.15, 0.2) is 24.3 Å². The third kappa shape index (κ3) is 2.59. The SMILES string of the molecule is CC(=O)N1Cc2ccccc2CC2(CCCN(C)C2)C1. The Labute approximate surface area is 121 Å². The third-order valence-corrected chi connectivity index (χ3v) is 4.87. The molecule has 1 amide bonds. The zero-order valence-corrected chi connectivity index (χ0v) is 12.6. The van der Waals surface area contributed by atoms with Crippen LogP contribution < -0.4 is 0 Å². The summed E-state index contributed by atoms with van der Waals surface area (Å²) in [6.45, 7) is 5.67. The first-order valence-electron chi connectivity index (χ1n) is 7.59. The molecule has 0 aliphatic carbocycles. The molecule has 1 unspecified atom stereocenters. The van der Waals surface area contributed by atoms with E-state index in [1.54, 1.807) is 6.92 Å². The van der Waals surface area contributed by atoms with Crippen molar-refractivity contribution in [3.8, 4) is 0 Å². The lowest BCUT2D eigenvalue weighted by molar-refractivity contribution is -0.131. The molecule has 3 rings (SSSR count). The maximum absolute atomic E-state index is 12.0. The zero-order chi connectivity index (χ0) is 14.2. The van der Waals surface area contributed by atoms with Gasteiger partial charge in [0.15, 0.2) is 0 Å². The molecule has 0 bridgehead atoms. The van der Waals surface area contributed by atoms with Gasteiger partial charge in [-0.3, -0.25) is 4.79 Å². The van der Waals surface area contributed by atoms with E-state index in [0.717, 1.165) is 26.1 Å². The lowest BCUT2D eigenvalue weighted by Crippen LogP contribution is -2.49. The van der Waals surface area contributed by atoms with E-state index in [4.69, 9.17) is 0 Å². The standard InChI is InChI=1S/C17H24N2O/c1-14(20)19-11-16-7-4-3-6-15(16)10-17(13-19)8-5-9-18(2)12-17/h3-4,6-7H,5,8-13H2,1-2H3. The summed E-state index contributed by atoms with van der Waals surface area (Å²) in [6.07, 6.45) is 3.58. The Balaban J connectivity index is 1.97. The highest BCUT2D eigenvalue weighted by Crippen LogP contribution is 2.37. The van der Waals surface area contributed by atoms with Gasteiger partial charge < -0.3 is 9.80 Å². The largest absolute Gasteiger partial charge is 0.338 e. The van der Waals surface area contributed by atoms with Crippen molar-refractivity contribution in [2.75, 3.05) is 26.7 Å². The minimum Gasteiger partial charge on any atom is -0.338 e. The van der Waals surface area contributed by atoms with E-state index in [1.807, 2.05) is 4.90 Å². The highest BCUT2D eigenvalue weighted by Gasteiger charge is 2.39. The average Bonchev–Trinajstić information content (AvgIpc) is 2.55. The second-order valence-electron chi connectivity index (χ2n) is 6.66. The second kappa shape index (κ2) is 5.21. The molecule has 1 atom stereocenters. The molecule has 20 heavy (non-hydrogen) atoms. The van der Waals surface area contributed by atoms with Crippen molar-refractivity contribution in [2.45, 2.75) is 32.7 Å². The number of hydrogen-bond donors (Lipinski definition) is 0. The van der Waals surface area contributed by atoms with Crippen LogP contribution >= 0.6 is 0 Å². The summed E-state index contributed by atoms with van der Waals surface area (Å²) in [5.41, 5.74) is 3.00. The van der Waals surface area contributed by atoms with Crippen molar-refractivity contribution in [1.82, 2.24) is 9.80 Å². The van der Waals surface area contributed by atoms with Gasteiger partial charge in [0.25, 0.3) is 0 Å². The van der Waals surface area contributed by atoms with Crippen LogP contribution in [0.25, 0.3) is 0 Å². The predicted octanol–water partition coefficient (Wildman–Crippen LogP) is 2.30. The van der Waals surface area contributed by atoms with Crippen LogP contribution in [0, 0.1) is 5.41 Å². The highest BCUT2D eigenvalue weighted by atomic mass is 16.2. The lowest BCUT2D eigenvalue weighted by Gasteiger charge is -2.43. The zero-order valence-electron chi connectivity index (χ0n) is 12.6. The Bertz CT molecular complexity index is 513. The molecule has 1 spiro atoms. The number of fused-ring (bicyclic) bond motifs is 1. The summed E-state index contributed by atoms with van der Waals surface area (Å²) < 4.78 is 0. The van der Waals surface area contributed by atoms with Crippen molar-refractivity contribution in [3.05, 3.63) is 35.4 Å². The summed E-state index contributed by atoms with van der Waals surface area (Å²) in [5, 5.41) is 0. The van der Waals surface area contributed by atoms with E-state index in [9.17, 15) is 4.79 Å². The number of rotatable bonds is 0. The van der Waals surface area contributed by atoms with E-state index in [1.165, 1.54) is 30.5 Å². The molecule has 0 N–H and O–H groups in total. The van der Waals surface area contributed by atoms with E-state index < -0.39 is 0 Å². The molecule has 3 nitrogen and oxygen atoms in total. The molecule has 0 radical (unpaired) electrons. The number of piperidine rings is 1. The van der Waals surface area contributed by atoms with Crippen LogP contribution in [0.4, 0.5) is 0 Å². The fourth-order valence-electron chi connectivity index (χ4n) is 3.96. The Morgan fingerprint density at radius 1 is 1.20 bits per heavy atom. The van der Waals surface area contributed by atoms with Gasteiger partial charge in [0.1, 0.15) is 0 Å². The van der Waals surface area contributed by atoms with Crippen molar-refractivity contribution in [3.63, 3.8) is 0 Å². The van der Waals surface area contributed by atoms with E-state index >= 15 is 0 Å². The summed E-state index contributed by atoms with van der Waals surface area (Å²) in [4.78, 5) is 16.5. The smallest absolute Gasteiger partial charge is 0.219 e. The molecule has 108 valence electrons. The molecule has 3 heteroatoms. The van der Waals surface area contributed by atoms with Gasteiger partial charge in [0.2, 0.25) is 5.91 Å². The summed E-state index contributed by atoms with van der Waals surface area (Å²) in [5.74, 6) is 0.203. The third-order valence-electron chi connectivity index (χ3n) is 4.87. The molecule has 0 aromatic heterocycles. The maximum atomic E-state index is 12.0. The number of hydrogen-bond acceptors (Lipinski definition) is 2. The van der Waals surface area contributed by atoms with Crippen LogP contribution in [0.2, 0.25) is 0 Å². The molecule has 1 aromatic carbocycles. The lowest BCUT2D eigenvalue weighted by atomic mass is 9.75. The number of nitrogens with zero attached hydrogens (tertiary/aromatic N) is 2. The molecular formula is C17H24N2O. The van der Waals surface area contributed by atoms with Gasteiger partial charge in [0.05, 0.1) is 0 Å². The Morgan fingerprint density at radius 2 is 1.95 bits per heavy atom. The molecular weight excluding hydrogens is 248 g/mol. The van der Waals surface area contributed by atoms with Gasteiger partial charge in [-0.15, -0.1) is 0 Å². The molecule has 2 aliphatic heterocycles. The van der Waals surface area contributed by atoms with Gasteiger partial charge in [-0.05, 0) is 44.0 Å². The van der Waals surface area contributed by atoms with Crippen LogP contribution in [0.1, 0.15) is 30.9 Å². The van der Waals surface area contributed by atoms with Gasteiger partial charge in [0, 0.05) is 32.0 Å². The monoisotopic (exact) mass is 272 g/mol. The first-order valence-corrected chi connectivity index (χ1v) is 7.59. The fraction of sp³-hybridized carbons (Fsp3) is 0.588. The number of benzene rings is 1. The predicted molar refractivity (Wildman–Crippen MR) is 80.4 cm³/mol. The molecule has 1 aromatic rings. The van der Waals surface area contributed by atoms with Gasteiger partial charge in [-0.25, -0.2) is 0 Å². The number of likely N-dealkylation sites (tertiary alicyclic amines) is 1. The van der Waals surface area contributed by atoms with Crippen molar-refractivity contribution in [2.24, 2.45) is 5.41 Å². The number of carbonyl (C=O) groups is 1. The Kier molecular flexibility index (Phi) is 3.55. The Morgan fingerprint density at radius 3 is 2.65 bits per heavy atom. The first kappa shape index (κ1) is 13.6. The van der Waals surface area contributed by atoms with Crippen molar-refractivity contribution < 1.29 is 4.79 Å².